The highest BCUT2D eigenvalue weighted by atomic mass is 16.2. The zero-order chi connectivity index (χ0) is 16.1. The third-order valence-corrected chi connectivity index (χ3v) is 3.14. The van der Waals surface area contributed by atoms with Crippen LogP contribution in [0.2, 0.25) is 0 Å². The van der Waals surface area contributed by atoms with E-state index in [-0.39, 0.29) is 11.7 Å². The van der Waals surface area contributed by atoms with Crippen molar-refractivity contribution < 1.29 is 4.79 Å². The molecule has 0 fully saturated rings. The predicted molar refractivity (Wildman–Crippen MR) is 82.2 cm³/mol. The molecule has 0 aromatic carbocycles. The number of allylic oxidation sites excluding steroid dienone is 1. The predicted octanol–water partition coefficient (Wildman–Crippen LogP) is 1.11. The molecule has 0 bridgehead atoms. The molecule has 0 saturated heterocycles. The average molecular weight is 301 g/mol. The van der Waals surface area contributed by atoms with Crippen molar-refractivity contribution in [3.63, 3.8) is 0 Å². The number of hydrogen-bond acceptors (Lipinski definition) is 5. The quantitative estimate of drug-likeness (QED) is 0.590. The van der Waals surface area contributed by atoms with E-state index in [1.54, 1.807) is 6.92 Å². The second-order valence-electron chi connectivity index (χ2n) is 5.00. The van der Waals surface area contributed by atoms with Gasteiger partial charge >= 0.3 is 0 Å². The maximum absolute atomic E-state index is 11.9. The highest BCUT2D eigenvalue weighted by Gasteiger charge is 2.14. The first-order valence-electron chi connectivity index (χ1n) is 6.92. The van der Waals surface area contributed by atoms with Gasteiger partial charge in [-0.1, -0.05) is 6.58 Å². The number of hydrogen-bond donors (Lipinski definition) is 2. The Hall–Kier alpha value is -2.77. The Morgan fingerprint density at radius 3 is 2.91 bits per heavy atom. The van der Waals surface area contributed by atoms with Crippen molar-refractivity contribution in [1.82, 2.24) is 30.1 Å². The zero-order valence-electron chi connectivity index (χ0n) is 12.7. The second kappa shape index (κ2) is 6.79. The molecule has 8 nitrogen and oxygen atoms in total. The van der Waals surface area contributed by atoms with E-state index in [0.29, 0.717) is 25.1 Å². The van der Waals surface area contributed by atoms with Crippen molar-refractivity contribution in [3.8, 4) is 5.82 Å². The van der Waals surface area contributed by atoms with Gasteiger partial charge < -0.3 is 15.3 Å². The van der Waals surface area contributed by atoms with Crippen LogP contribution in [0.3, 0.4) is 0 Å². The van der Waals surface area contributed by atoms with E-state index in [2.05, 4.69) is 27.3 Å². The summed E-state index contributed by atoms with van der Waals surface area (Å²) < 4.78 is 1.83. The molecular weight excluding hydrogens is 282 g/mol. The Morgan fingerprint density at radius 2 is 2.27 bits per heavy atom. The topological polar surface area (TPSA) is 101 Å². The maximum atomic E-state index is 11.9. The molecule has 2 rings (SSSR count). The van der Waals surface area contributed by atoms with Crippen LogP contribution >= 0.6 is 0 Å². The lowest BCUT2D eigenvalue weighted by atomic mass is 10.1. The molecule has 0 aliphatic carbocycles. The Bertz CT molecular complexity index is 698. The van der Waals surface area contributed by atoms with Gasteiger partial charge in [-0.25, -0.2) is 0 Å². The molecule has 22 heavy (non-hydrogen) atoms. The van der Waals surface area contributed by atoms with Crippen molar-refractivity contribution in [1.29, 1.82) is 5.41 Å². The fourth-order valence-electron chi connectivity index (χ4n) is 1.82. The number of rotatable bonds is 7. The van der Waals surface area contributed by atoms with E-state index < -0.39 is 0 Å². The molecule has 1 amide bonds. The Morgan fingerprint density at radius 1 is 1.50 bits per heavy atom. The van der Waals surface area contributed by atoms with Gasteiger partial charge in [-0.15, -0.1) is 15.0 Å². The molecule has 2 aromatic rings. The van der Waals surface area contributed by atoms with Gasteiger partial charge in [0.15, 0.2) is 5.82 Å². The largest absolute Gasteiger partial charge is 0.349 e. The third-order valence-electron chi connectivity index (χ3n) is 3.14. The molecule has 0 aliphatic heterocycles. The van der Waals surface area contributed by atoms with Gasteiger partial charge in [-0.3, -0.25) is 4.79 Å². The third kappa shape index (κ3) is 3.66. The van der Waals surface area contributed by atoms with Crippen molar-refractivity contribution in [2.45, 2.75) is 19.8 Å². The van der Waals surface area contributed by atoms with E-state index in [0.717, 1.165) is 11.4 Å². The van der Waals surface area contributed by atoms with Crippen molar-refractivity contribution in [2.24, 2.45) is 7.05 Å². The molecule has 8 heteroatoms. The van der Waals surface area contributed by atoms with Crippen LogP contribution in [0.1, 0.15) is 30.4 Å². The lowest BCUT2D eigenvalue weighted by Crippen LogP contribution is -2.26. The van der Waals surface area contributed by atoms with Gasteiger partial charge in [-0.2, -0.15) is 0 Å². The van der Waals surface area contributed by atoms with Crippen LogP contribution in [-0.2, 0) is 7.05 Å². The first kappa shape index (κ1) is 15.6. The monoisotopic (exact) mass is 301 g/mol. The summed E-state index contributed by atoms with van der Waals surface area (Å²) in [6, 6.07) is 3.68. The zero-order valence-corrected chi connectivity index (χ0v) is 12.7. The van der Waals surface area contributed by atoms with Gasteiger partial charge in [0.05, 0.1) is 0 Å². The van der Waals surface area contributed by atoms with Crippen molar-refractivity contribution >= 4 is 11.6 Å². The normalized spacial score (nSPS) is 10.5. The summed E-state index contributed by atoms with van der Waals surface area (Å²) in [4.78, 5) is 13.2. The Balaban J connectivity index is 1.86. The molecular formula is C14H19N7O. The number of tetrazole rings is 1. The Labute approximate surface area is 128 Å². The molecule has 0 aliphatic rings. The minimum absolute atomic E-state index is 0.0242. The lowest BCUT2D eigenvalue weighted by molar-refractivity contribution is 0.0943. The SMILES string of the molecule is C=C(C)C(=N)CCCNC(=O)c1nnn(-c2cccn2C)n1. The van der Waals surface area contributed by atoms with Crippen LogP contribution in [0.4, 0.5) is 0 Å². The van der Waals surface area contributed by atoms with Crippen LogP contribution in [0.5, 0.6) is 0 Å². The molecule has 116 valence electrons. The lowest BCUT2D eigenvalue weighted by Gasteiger charge is -2.04. The molecule has 0 saturated carbocycles. The Kier molecular flexibility index (Phi) is 4.82. The van der Waals surface area contributed by atoms with Crippen LogP contribution in [0, 0.1) is 5.41 Å². The molecule has 0 radical (unpaired) electrons. The molecule has 0 spiro atoms. The summed E-state index contributed by atoms with van der Waals surface area (Å²) >= 11 is 0. The summed E-state index contributed by atoms with van der Waals surface area (Å²) in [6.07, 6.45) is 3.11. The van der Waals surface area contributed by atoms with E-state index in [4.69, 9.17) is 5.41 Å². The standard InChI is InChI=1S/C14H19N7O/c1-10(2)11(15)6-4-8-16-14(22)13-17-19-21(18-13)12-7-5-9-20(12)3/h5,7,9,15H,1,4,6,8H2,2-3H3,(H,16,22). The molecule has 2 heterocycles. The molecule has 2 aromatic heterocycles. The maximum Gasteiger partial charge on any atom is 0.292 e. The number of carbonyl (C=O) groups excluding carboxylic acids is 1. The van der Waals surface area contributed by atoms with E-state index in [9.17, 15) is 4.79 Å². The number of carbonyl (C=O) groups is 1. The average Bonchev–Trinajstić information content (AvgIpc) is 3.11. The number of nitrogens with one attached hydrogen (secondary N) is 2. The van der Waals surface area contributed by atoms with Crippen molar-refractivity contribution in [2.75, 3.05) is 6.54 Å². The van der Waals surface area contributed by atoms with Crippen molar-refractivity contribution in [3.05, 3.63) is 36.3 Å². The van der Waals surface area contributed by atoms with E-state index >= 15 is 0 Å². The summed E-state index contributed by atoms with van der Waals surface area (Å²) in [5.74, 6) is 0.375. The van der Waals surface area contributed by atoms with Gasteiger partial charge in [0, 0.05) is 25.5 Å². The summed E-state index contributed by atoms with van der Waals surface area (Å²) in [5, 5.41) is 22.0. The minimum Gasteiger partial charge on any atom is -0.349 e. The van der Waals surface area contributed by atoms with Gasteiger partial charge in [-0.05, 0) is 42.7 Å². The van der Waals surface area contributed by atoms with E-state index in [1.165, 1.54) is 4.80 Å². The summed E-state index contributed by atoms with van der Waals surface area (Å²) in [6.45, 7) is 5.96. The first-order valence-corrected chi connectivity index (χ1v) is 6.92. The minimum atomic E-state index is -0.373. The van der Waals surface area contributed by atoms with Gasteiger partial charge in [0.2, 0.25) is 0 Å². The summed E-state index contributed by atoms with van der Waals surface area (Å²) in [5.41, 5.74) is 1.25. The second-order valence-corrected chi connectivity index (χ2v) is 5.00. The first-order chi connectivity index (χ1) is 10.5. The number of nitrogens with zero attached hydrogens (tertiary/aromatic N) is 5. The van der Waals surface area contributed by atoms with Gasteiger partial charge in [0.25, 0.3) is 11.7 Å². The highest BCUT2D eigenvalue weighted by Crippen LogP contribution is 2.04. The van der Waals surface area contributed by atoms with Crippen LogP contribution in [-0.4, -0.2) is 42.9 Å². The fourth-order valence-corrected chi connectivity index (χ4v) is 1.82. The smallest absolute Gasteiger partial charge is 0.292 e. The highest BCUT2D eigenvalue weighted by molar-refractivity contribution is 5.96. The van der Waals surface area contributed by atoms with Crippen LogP contribution < -0.4 is 5.32 Å². The molecule has 0 unspecified atom stereocenters. The number of aromatic nitrogens is 5. The number of aryl methyl sites for hydroxylation is 1. The van der Waals surface area contributed by atoms with E-state index in [1.807, 2.05) is 29.9 Å². The van der Waals surface area contributed by atoms with Crippen LogP contribution in [0.25, 0.3) is 5.82 Å². The molecule has 2 N–H and O–H groups in total. The van der Waals surface area contributed by atoms with Crippen LogP contribution in [0.15, 0.2) is 30.5 Å². The number of amides is 1. The summed E-state index contributed by atoms with van der Waals surface area (Å²) in [7, 11) is 1.86. The molecule has 0 atom stereocenters. The fraction of sp³-hybridized carbons (Fsp3) is 0.357. The van der Waals surface area contributed by atoms with Gasteiger partial charge in [0.1, 0.15) is 0 Å².